The van der Waals surface area contributed by atoms with Gasteiger partial charge in [0.05, 0.1) is 4.92 Å². The fourth-order valence-corrected chi connectivity index (χ4v) is 3.19. The number of nitrogens with zero attached hydrogens (tertiary/aromatic N) is 2. The summed E-state index contributed by atoms with van der Waals surface area (Å²) >= 11 is 1.14. The van der Waals surface area contributed by atoms with Gasteiger partial charge in [0.1, 0.15) is 5.60 Å². The van der Waals surface area contributed by atoms with Gasteiger partial charge in [-0.15, -0.1) is 0 Å². The van der Waals surface area contributed by atoms with E-state index in [-0.39, 0.29) is 16.0 Å². The number of amides is 1. The second-order valence-corrected chi connectivity index (χ2v) is 7.65. The first-order valence-electron chi connectivity index (χ1n) is 7.65. The smallest absolute Gasteiger partial charge is 0.410 e. The van der Waals surface area contributed by atoms with Crippen LogP contribution in [0.5, 0.6) is 0 Å². The van der Waals surface area contributed by atoms with Crippen molar-refractivity contribution in [1.82, 2.24) is 10.2 Å². The van der Waals surface area contributed by atoms with Crippen molar-refractivity contribution in [3.8, 4) is 0 Å². The maximum atomic E-state index is 12.0. The van der Waals surface area contributed by atoms with Crippen molar-refractivity contribution in [2.45, 2.75) is 39.3 Å². The van der Waals surface area contributed by atoms with Crippen molar-refractivity contribution in [1.29, 1.82) is 0 Å². The molecule has 1 fully saturated rings. The third-order valence-corrected chi connectivity index (χ3v) is 4.45. The summed E-state index contributed by atoms with van der Waals surface area (Å²) in [6, 6.07) is 1.60. The van der Waals surface area contributed by atoms with Crippen LogP contribution >= 0.6 is 11.3 Å². The Bertz CT molecular complexity index is 567. The van der Waals surface area contributed by atoms with Crippen molar-refractivity contribution in [3.05, 3.63) is 27.1 Å². The quantitative estimate of drug-likeness (QED) is 0.657. The molecular formula is C15H23N3O4S. The molecule has 1 aromatic heterocycles. The van der Waals surface area contributed by atoms with Crippen LogP contribution in [0.3, 0.4) is 0 Å². The monoisotopic (exact) mass is 341 g/mol. The topological polar surface area (TPSA) is 84.7 Å². The molecule has 0 radical (unpaired) electrons. The Kier molecular flexibility index (Phi) is 5.59. The van der Waals surface area contributed by atoms with Crippen LogP contribution in [-0.2, 0) is 11.3 Å². The average molecular weight is 341 g/mol. The molecule has 2 rings (SSSR count). The Morgan fingerprint density at radius 1 is 1.57 bits per heavy atom. The summed E-state index contributed by atoms with van der Waals surface area (Å²) in [5.41, 5.74) is 0.449. The number of ether oxygens (including phenoxy) is 1. The Morgan fingerprint density at radius 3 is 2.91 bits per heavy atom. The first kappa shape index (κ1) is 17.7. The number of rotatable bonds is 5. The van der Waals surface area contributed by atoms with Crippen LogP contribution in [0.2, 0.25) is 0 Å². The fourth-order valence-electron chi connectivity index (χ4n) is 2.46. The van der Waals surface area contributed by atoms with Gasteiger partial charge in [-0.05, 0) is 38.7 Å². The number of hydrogen-bond donors (Lipinski definition) is 1. The zero-order chi connectivity index (χ0) is 17.0. The molecule has 1 atom stereocenters. The number of hydrogen-bond acceptors (Lipinski definition) is 6. The van der Waals surface area contributed by atoms with Crippen molar-refractivity contribution >= 4 is 22.4 Å². The molecule has 23 heavy (non-hydrogen) atoms. The molecule has 0 saturated carbocycles. The minimum atomic E-state index is -0.471. The second kappa shape index (κ2) is 7.27. The lowest BCUT2D eigenvalue weighted by molar-refractivity contribution is -0.380. The number of nitro groups is 1. The molecule has 1 aromatic rings. The normalized spacial score (nSPS) is 18.2. The van der Waals surface area contributed by atoms with E-state index in [0.717, 1.165) is 29.9 Å². The van der Waals surface area contributed by atoms with Crippen LogP contribution in [0.4, 0.5) is 9.80 Å². The summed E-state index contributed by atoms with van der Waals surface area (Å²) < 4.78 is 5.37. The Hall–Kier alpha value is -1.67. The summed E-state index contributed by atoms with van der Waals surface area (Å²) in [4.78, 5) is 24.0. The minimum Gasteiger partial charge on any atom is -0.444 e. The van der Waals surface area contributed by atoms with Gasteiger partial charge in [0.25, 0.3) is 0 Å². The minimum absolute atomic E-state index is 0.166. The lowest BCUT2D eigenvalue weighted by Gasteiger charge is -2.24. The van der Waals surface area contributed by atoms with E-state index < -0.39 is 5.60 Å². The van der Waals surface area contributed by atoms with Crippen LogP contribution in [-0.4, -0.2) is 41.2 Å². The van der Waals surface area contributed by atoms with Crippen LogP contribution in [0, 0.1) is 16.0 Å². The highest BCUT2D eigenvalue weighted by Gasteiger charge is 2.29. The number of carbonyl (C=O) groups is 1. The molecule has 0 spiro atoms. The number of likely N-dealkylation sites (tertiary alicyclic amines) is 1. The molecule has 1 aliphatic rings. The first-order valence-corrected chi connectivity index (χ1v) is 8.53. The number of thiophene rings is 1. The predicted molar refractivity (Wildman–Crippen MR) is 88.6 cm³/mol. The zero-order valence-electron chi connectivity index (χ0n) is 13.7. The van der Waals surface area contributed by atoms with Crippen molar-refractivity contribution in [3.63, 3.8) is 0 Å². The summed E-state index contributed by atoms with van der Waals surface area (Å²) in [7, 11) is 0. The lowest BCUT2D eigenvalue weighted by atomic mass is 10.1. The molecule has 1 aliphatic heterocycles. The number of nitrogens with one attached hydrogen (secondary N) is 1. The highest BCUT2D eigenvalue weighted by Crippen LogP contribution is 2.23. The molecule has 1 unspecified atom stereocenters. The molecule has 1 amide bonds. The van der Waals surface area contributed by atoms with Crippen molar-refractivity contribution in [2.24, 2.45) is 5.92 Å². The maximum absolute atomic E-state index is 12.0. The molecule has 8 heteroatoms. The van der Waals surface area contributed by atoms with E-state index in [1.807, 2.05) is 20.8 Å². The van der Waals surface area contributed by atoms with Crippen molar-refractivity contribution < 1.29 is 14.5 Å². The molecule has 0 aromatic carbocycles. The predicted octanol–water partition coefficient (Wildman–Crippen LogP) is 3.00. The fraction of sp³-hybridized carbons (Fsp3) is 0.667. The van der Waals surface area contributed by atoms with Gasteiger partial charge < -0.3 is 15.0 Å². The zero-order valence-corrected chi connectivity index (χ0v) is 14.5. The maximum Gasteiger partial charge on any atom is 0.410 e. The van der Waals surface area contributed by atoms with Crippen LogP contribution in [0.15, 0.2) is 11.4 Å². The standard InChI is InChI=1S/C15H23N3O4S/c1-15(2,3)22-14(19)17-5-4-11(9-17)7-16-8-12-6-13(18(20)21)23-10-12/h6,10-11,16H,4-5,7-9H2,1-3H3. The summed E-state index contributed by atoms with van der Waals surface area (Å²) in [5, 5.41) is 15.9. The van der Waals surface area contributed by atoms with Gasteiger partial charge in [-0.3, -0.25) is 10.1 Å². The van der Waals surface area contributed by atoms with Gasteiger partial charge >= 0.3 is 11.1 Å². The third kappa shape index (κ3) is 5.47. The van der Waals surface area contributed by atoms with E-state index in [1.165, 1.54) is 0 Å². The van der Waals surface area contributed by atoms with E-state index in [0.29, 0.717) is 25.6 Å². The first-order chi connectivity index (χ1) is 10.7. The molecule has 1 saturated heterocycles. The highest BCUT2D eigenvalue weighted by atomic mass is 32.1. The third-order valence-electron chi connectivity index (χ3n) is 3.52. The largest absolute Gasteiger partial charge is 0.444 e. The molecule has 0 bridgehead atoms. The Balaban J connectivity index is 1.71. The second-order valence-electron chi connectivity index (χ2n) is 6.76. The SMILES string of the molecule is CC(C)(C)OC(=O)N1CCC(CNCc2csc([N+](=O)[O-])c2)C1. The highest BCUT2D eigenvalue weighted by molar-refractivity contribution is 7.13. The van der Waals surface area contributed by atoms with Crippen molar-refractivity contribution in [2.75, 3.05) is 19.6 Å². The van der Waals surface area contributed by atoms with Gasteiger partial charge in [-0.25, -0.2) is 4.79 Å². The van der Waals surface area contributed by atoms with E-state index in [2.05, 4.69) is 5.32 Å². The van der Waals surface area contributed by atoms with E-state index in [9.17, 15) is 14.9 Å². The molecule has 128 valence electrons. The van der Waals surface area contributed by atoms with Gasteiger partial charge in [0.2, 0.25) is 0 Å². The van der Waals surface area contributed by atoms with Crippen LogP contribution < -0.4 is 5.32 Å². The summed E-state index contributed by atoms with van der Waals surface area (Å²) in [6.07, 6.45) is 0.684. The molecule has 7 nitrogen and oxygen atoms in total. The molecular weight excluding hydrogens is 318 g/mol. The van der Waals surface area contributed by atoms with Crippen LogP contribution in [0.1, 0.15) is 32.8 Å². The van der Waals surface area contributed by atoms with Gasteiger partial charge in [-0.2, -0.15) is 0 Å². The lowest BCUT2D eigenvalue weighted by Crippen LogP contribution is -2.36. The summed E-state index contributed by atoms with van der Waals surface area (Å²) in [5.74, 6) is 0.385. The van der Waals surface area contributed by atoms with E-state index in [4.69, 9.17) is 4.74 Å². The Labute approximate surface area is 139 Å². The molecule has 1 N–H and O–H groups in total. The molecule has 2 heterocycles. The Morgan fingerprint density at radius 2 is 2.30 bits per heavy atom. The van der Waals surface area contributed by atoms with Gasteiger partial charge in [0, 0.05) is 37.6 Å². The average Bonchev–Trinajstić information content (AvgIpc) is 3.05. The van der Waals surface area contributed by atoms with E-state index >= 15 is 0 Å². The molecule has 0 aliphatic carbocycles. The van der Waals surface area contributed by atoms with Gasteiger partial charge in [-0.1, -0.05) is 11.3 Å². The van der Waals surface area contributed by atoms with E-state index in [1.54, 1.807) is 16.3 Å². The van der Waals surface area contributed by atoms with Gasteiger partial charge in [0.15, 0.2) is 0 Å². The summed E-state index contributed by atoms with van der Waals surface area (Å²) in [6.45, 7) is 8.37. The van der Waals surface area contributed by atoms with Crippen LogP contribution in [0.25, 0.3) is 0 Å². The number of carbonyl (C=O) groups excluding carboxylic acids is 1.